The number of nitrogen functional groups attached to an aromatic ring is 1. The molecular formula is C11H14N4O2. The van der Waals surface area contributed by atoms with Crippen LogP contribution in [-0.4, -0.2) is 27.3 Å². The van der Waals surface area contributed by atoms with E-state index in [1.54, 1.807) is 17.8 Å². The molecule has 0 aliphatic rings. The summed E-state index contributed by atoms with van der Waals surface area (Å²) < 4.78 is 6.63. The van der Waals surface area contributed by atoms with Gasteiger partial charge in [-0.3, -0.25) is 0 Å². The highest BCUT2D eigenvalue weighted by atomic mass is 16.5. The normalized spacial score (nSPS) is 10.7. The lowest BCUT2D eigenvalue weighted by Crippen LogP contribution is -2.09. The van der Waals surface area contributed by atoms with E-state index in [2.05, 4.69) is 10.1 Å². The van der Waals surface area contributed by atoms with Crippen molar-refractivity contribution in [3.8, 4) is 0 Å². The molecule has 0 aliphatic heterocycles. The minimum absolute atomic E-state index is 0.287. The number of aromatic nitrogens is 3. The van der Waals surface area contributed by atoms with Crippen molar-refractivity contribution in [2.45, 2.75) is 20.4 Å². The second-order valence-electron chi connectivity index (χ2n) is 3.50. The Bertz CT molecular complexity index is 562. The standard InChI is InChI=1S/C11H14N4O2/c1-3-15-10-7(6-14-15)9(12)8(5-13-10)11(16)17-4-2/h5-6H,3-4H2,1-2H3,(H2,12,13). The van der Waals surface area contributed by atoms with Crippen molar-refractivity contribution in [1.82, 2.24) is 14.8 Å². The van der Waals surface area contributed by atoms with Crippen LogP contribution in [0.2, 0.25) is 0 Å². The Balaban J connectivity index is 2.54. The first kappa shape index (κ1) is 11.4. The van der Waals surface area contributed by atoms with Crippen LogP contribution in [0.25, 0.3) is 11.0 Å². The highest BCUT2D eigenvalue weighted by Crippen LogP contribution is 2.23. The van der Waals surface area contributed by atoms with E-state index in [4.69, 9.17) is 10.5 Å². The van der Waals surface area contributed by atoms with Crippen LogP contribution in [0.3, 0.4) is 0 Å². The number of rotatable bonds is 3. The number of ether oxygens (including phenoxy) is 1. The third kappa shape index (κ3) is 1.82. The maximum atomic E-state index is 11.6. The van der Waals surface area contributed by atoms with Gasteiger partial charge in [0.2, 0.25) is 0 Å². The minimum Gasteiger partial charge on any atom is -0.462 e. The summed E-state index contributed by atoms with van der Waals surface area (Å²) in [6, 6.07) is 0. The number of esters is 1. The van der Waals surface area contributed by atoms with Crippen LogP contribution in [0.15, 0.2) is 12.4 Å². The summed E-state index contributed by atoms with van der Waals surface area (Å²) in [5.41, 5.74) is 7.26. The molecule has 0 atom stereocenters. The largest absolute Gasteiger partial charge is 0.462 e. The molecule has 0 bridgehead atoms. The number of carbonyl (C=O) groups excluding carboxylic acids is 1. The molecular weight excluding hydrogens is 220 g/mol. The van der Waals surface area contributed by atoms with Crippen molar-refractivity contribution < 1.29 is 9.53 Å². The van der Waals surface area contributed by atoms with E-state index in [1.165, 1.54) is 6.20 Å². The number of nitrogens with zero attached hydrogens (tertiary/aromatic N) is 3. The van der Waals surface area contributed by atoms with Crippen molar-refractivity contribution >= 4 is 22.7 Å². The van der Waals surface area contributed by atoms with E-state index in [1.807, 2.05) is 6.92 Å². The van der Waals surface area contributed by atoms with Gasteiger partial charge in [0.1, 0.15) is 5.56 Å². The quantitative estimate of drug-likeness (QED) is 0.807. The average molecular weight is 234 g/mol. The Hall–Kier alpha value is -2.11. The number of carbonyl (C=O) groups is 1. The molecule has 90 valence electrons. The molecule has 0 spiro atoms. The first-order valence-electron chi connectivity index (χ1n) is 5.46. The van der Waals surface area contributed by atoms with Gasteiger partial charge in [-0.25, -0.2) is 14.5 Å². The maximum Gasteiger partial charge on any atom is 0.341 e. The Kier molecular flexibility index (Phi) is 2.95. The monoisotopic (exact) mass is 234 g/mol. The average Bonchev–Trinajstić information content (AvgIpc) is 2.73. The van der Waals surface area contributed by atoms with Crippen LogP contribution in [0, 0.1) is 0 Å². The molecule has 2 rings (SSSR count). The Labute approximate surface area is 98.4 Å². The summed E-state index contributed by atoms with van der Waals surface area (Å²) in [6.07, 6.45) is 3.05. The van der Waals surface area contributed by atoms with Gasteiger partial charge in [0.25, 0.3) is 0 Å². The van der Waals surface area contributed by atoms with E-state index < -0.39 is 5.97 Å². The minimum atomic E-state index is -0.455. The number of fused-ring (bicyclic) bond motifs is 1. The van der Waals surface area contributed by atoms with E-state index >= 15 is 0 Å². The summed E-state index contributed by atoms with van der Waals surface area (Å²) in [4.78, 5) is 15.8. The zero-order valence-corrected chi connectivity index (χ0v) is 9.80. The van der Waals surface area contributed by atoms with Crippen LogP contribution in [-0.2, 0) is 11.3 Å². The molecule has 0 saturated heterocycles. The maximum absolute atomic E-state index is 11.6. The van der Waals surface area contributed by atoms with E-state index in [9.17, 15) is 4.79 Å². The Morgan fingerprint density at radius 2 is 2.24 bits per heavy atom. The molecule has 2 aromatic heterocycles. The third-order valence-electron chi connectivity index (χ3n) is 2.50. The van der Waals surface area contributed by atoms with Gasteiger partial charge >= 0.3 is 5.97 Å². The fraction of sp³-hybridized carbons (Fsp3) is 0.364. The number of pyridine rings is 1. The summed E-state index contributed by atoms with van der Waals surface area (Å²) in [5.74, 6) is -0.455. The predicted octanol–water partition coefficient (Wildman–Crippen LogP) is 1.21. The van der Waals surface area contributed by atoms with Gasteiger partial charge < -0.3 is 10.5 Å². The van der Waals surface area contributed by atoms with Gasteiger partial charge in [0.05, 0.1) is 23.9 Å². The number of nitrogens with two attached hydrogens (primary N) is 1. The molecule has 2 heterocycles. The van der Waals surface area contributed by atoms with Crippen molar-refractivity contribution in [3.63, 3.8) is 0 Å². The van der Waals surface area contributed by atoms with Gasteiger partial charge in [0.15, 0.2) is 5.65 Å². The molecule has 2 aromatic rings. The highest BCUT2D eigenvalue weighted by Gasteiger charge is 2.16. The lowest BCUT2D eigenvalue weighted by atomic mass is 10.2. The van der Waals surface area contributed by atoms with Crippen LogP contribution in [0.5, 0.6) is 0 Å². The third-order valence-corrected chi connectivity index (χ3v) is 2.50. The number of hydrogen-bond acceptors (Lipinski definition) is 5. The SMILES string of the molecule is CCOC(=O)c1cnc2c(cnn2CC)c1N. The molecule has 0 unspecified atom stereocenters. The lowest BCUT2D eigenvalue weighted by Gasteiger charge is -2.05. The zero-order valence-electron chi connectivity index (χ0n) is 9.80. The molecule has 6 nitrogen and oxygen atoms in total. The van der Waals surface area contributed by atoms with Crippen molar-refractivity contribution in [1.29, 1.82) is 0 Å². The summed E-state index contributed by atoms with van der Waals surface area (Å²) in [5, 5.41) is 4.82. The first-order chi connectivity index (χ1) is 8.19. The Morgan fingerprint density at radius 1 is 1.47 bits per heavy atom. The predicted molar refractivity (Wildman–Crippen MR) is 63.6 cm³/mol. The molecule has 2 N–H and O–H groups in total. The van der Waals surface area contributed by atoms with E-state index in [-0.39, 0.29) is 5.56 Å². The van der Waals surface area contributed by atoms with Crippen LogP contribution in [0.4, 0.5) is 5.69 Å². The van der Waals surface area contributed by atoms with Crippen LogP contribution in [0.1, 0.15) is 24.2 Å². The highest BCUT2D eigenvalue weighted by molar-refractivity contribution is 6.03. The van der Waals surface area contributed by atoms with Gasteiger partial charge in [-0.15, -0.1) is 0 Å². The molecule has 0 fully saturated rings. The number of hydrogen-bond donors (Lipinski definition) is 1. The molecule has 0 saturated carbocycles. The van der Waals surface area contributed by atoms with Crippen LogP contribution < -0.4 is 5.73 Å². The second-order valence-corrected chi connectivity index (χ2v) is 3.50. The van der Waals surface area contributed by atoms with Crippen molar-refractivity contribution in [2.75, 3.05) is 12.3 Å². The molecule has 0 amide bonds. The number of anilines is 1. The second kappa shape index (κ2) is 4.40. The molecule has 0 radical (unpaired) electrons. The van der Waals surface area contributed by atoms with Gasteiger partial charge in [-0.2, -0.15) is 5.10 Å². The summed E-state index contributed by atoms with van der Waals surface area (Å²) in [7, 11) is 0. The van der Waals surface area contributed by atoms with E-state index in [0.717, 1.165) is 0 Å². The first-order valence-corrected chi connectivity index (χ1v) is 5.46. The van der Waals surface area contributed by atoms with Crippen molar-refractivity contribution in [2.24, 2.45) is 0 Å². The van der Waals surface area contributed by atoms with Gasteiger partial charge in [0, 0.05) is 12.7 Å². The van der Waals surface area contributed by atoms with E-state index in [0.29, 0.717) is 29.9 Å². The topological polar surface area (TPSA) is 83.0 Å². The van der Waals surface area contributed by atoms with Crippen LogP contribution >= 0.6 is 0 Å². The van der Waals surface area contributed by atoms with Gasteiger partial charge in [-0.1, -0.05) is 0 Å². The van der Waals surface area contributed by atoms with Crippen molar-refractivity contribution in [3.05, 3.63) is 18.0 Å². The lowest BCUT2D eigenvalue weighted by molar-refractivity contribution is 0.0527. The fourth-order valence-electron chi connectivity index (χ4n) is 1.65. The molecule has 0 aromatic carbocycles. The van der Waals surface area contributed by atoms with Gasteiger partial charge in [-0.05, 0) is 13.8 Å². The molecule has 6 heteroatoms. The zero-order chi connectivity index (χ0) is 12.4. The molecule has 17 heavy (non-hydrogen) atoms. The number of aryl methyl sites for hydroxylation is 1. The summed E-state index contributed by atoms with van der Waals surface area (Å²) in [6.45, 7) is 4.72. The smallest absolute Gasteiger partial charge is 0.341 e. The molecule has 0 aliphatic carbocycles. The summed E-state index contributed by atoms with van der Waals surface area (Å²) >= 11 is 0. The Morgan fingerprint density at radius 3 is 2.88 bits per heavy atom. The fourth-order valence-corrected chi connectivity index (χ4v) is 1.65.